The lowest BCUT2D eigenvalue weighted by Crippen LogP contribution is -2.57. The maximum atomic E-state index is 12.9. The third-order valence-corrected chi connectivity index (χ3v) is 4.28. The van der Waals surface area contributed by atoms with E-state index in [0.29, 0.717) is 17.1 Å². The number of hydrogen-bond donors (Lipinski definition) is 1. The number of benzene rings is 2. The smallest absolute Gasteiger partial charge is 0.271 e. The largest absolute Gasteiger partial charge is 0.476 e. The molecule has 130 valence electrons. The molecule has 0 fully saturated rings. The Labute approximate surface area is 147 Å². The van der Waals surface area contributed by atoms with Gasteiger partial charge in [0.2, 0.25) is 5.91 Å². The van der Waals surface area contributed by atoms with Gasteiger partial charge in [0.15, 0.2) is 5.60 Å². The number of hydrogen-bond acceptors (Lipinski definition) is 3. The Morgan fingerprint density at radius 3 is 2.52 bits per heavy atom. The Balaban J connectivity index is 1.95. The minimum absolute atomic E-state index is 0.235. The van der Waals surface area contributed by atoms with Crippen LogP contribution in [-0.4, -0.2) is 23.5 Å². The first-order valence-electron chi connectivity index (χ1n) is 8.29. The zero-order valence-electron chi connectivity index (χ0n) is 14.9. The van der Waals surface area contributed by atoms with E-state index in [-0.39, 0.29) is 11.8 Å². The Kier molecular flexibility index (Phi) is 4.25. The normalized spacial score (nSPS) is 16.6. The molecule has 0 aliphatic carbocycles. The summed E-state index contributed by atoms with van der Waals surface area (Å²) in [7, 11) is 0. The van der Waals surface area contributed by atoms with E-state index in [1.807, 2.05) is 55.5 Å². The van der Waals surface area contributed by atoms with Gasteiger partial charge in [0.25, 0.3) is 5.91 Å². The van der Waals surface area contributed by atoms with Crippen LogP contribution in [0.4, 0.5) is 11.4 Å². The number of ether oxygens (including phenoxy) is 1. The monoisotopic (exact) mass is 338 g/mol. The second-order valence-corrected chi connectivity index (χ2v) is 6.79. The summed E-state index contributed by atoms with van der Waals surface area (Å²) in [6.07, 6.45) is 0. The van der Waals surface area contributed by atoms with Gasteiger partial charge in [0, 0.05) is 5.69 Å². The lowest BCUT2D eigenvalue weighted by molar-refractivity contribution is -0.134. The van der Waals surface area contributed by atoms with Crippen molar-refractivity contribution in [2.45, 2.75) is 39.3 Å². The van der Waals surface area contributed by atoms with Crippen molar-refractivity contribution in [3.63, 3.8) is 0 Å². The Morgan fingerprint density at radius 2 is 1.84 bits per heavy atom. The van der Waals surface area contributed by atoms with E-state index < -0.39 is 11.6 Å². The standard InChI is InChI=1S/C20H22N2O3/c1-13-10-11-17-16(12-13)22(19(24)20(3,4)25-17)14(2)18(23)21-15-8-6-5-7-9-15/h5-12,14H,1-4H3,(H,21,23). The fourth-order valence-electron chi connectivity index (χ4n) is 2.89. The summed E-state index contributed by atoms with van der Waals surface area (Å²) in [5.41, 5.74) is 1.29. The Hall–Kier alpha value is -2.82. The predicted molar refractivity (Wildman–Crippen MR) is 97.9 cm³/mol. The first kappa shape index (κ1) is 17.0. The Morgan fingerprint density at radius 1 is 1.16 bits per heavy atom. The van der Waals surface area contributed by atoms with Gasteiger partial charge in [-0.25, -0.2) is 0 Å². The maximum absolute atomic E-state index is 12.9. The van der Waals surface area contributed by atoms with Crippen LogP contribution in [0.5, 0.6) is 5.75 Å². The summed E-state index contributed by atoms with van der Waals surface area (Å²) in [6.45, 7) is 7.10. The average molecular weight is 338 g/mol. The number of fused-ring (bicyclic) bond motifs is 1. The lowest BCUT2D eigenvalue weighted by atomic mass is 10.0. The number of aryl methyl sites for hydroxylation is 1. The third kappa shape index (κ3) is 3.22. The van der Waals surface area contributed by atoms with E-state index in [9.17, 15) is 9.59 Å². The summed E-state index contributed by atoms with van der Waals surface area (Å²) < 4.78 is 5.84. The van der Waals surface area contributed by atoms with Gasteiger partial charge in [0.05, 0.1) is 5.69 Å². The fraction of sp³-hybridized carbons (Fsp3) is 0.300. The quantitative estimate of drug-likeness (QED) is 0.931. The third-order valence-electron chi connectivity index (χ3n) is 4.28. The van der Waals surface area contributed by atoms with Gasteiger partial charge >= 0.3 is 0 Å². The Bertz CT molecular complexity index is 815. The summed E-state index contributed by atoms with van der Waals surface area (Å²) in [4.78, 5) is 27.2. The van der Waals surface area contributed by atoms with Gasteiger partial charge < -0.3 is 10.1 Å². The molecule has 1 heterocycles. The van der Waals surface area contributed by atoms with Crippen molar-refractivity contribution in [1.82, 2.24) is 0 Å². The van der Waals surface area contributed by atoms with Crippen molar-refractivity contribution in [2.24, 2.45) is 0 Å². The van der Waals surface area contributed by atoms with Crippen LogP contribution < -0.4 is 15.0 Å². The molecular formula is C20H22N2O3. The van der Waals surface area contributed by atoms with Crippen LogP contribution in [0.2, 0.25) is 0 Å². The molecule has 5 heteroatoms. The molecule has 0 spiro atoms. The van der Waals surface area contributed by atoms with Crippen LogP contribution in [0.3, 0.4) is 0 Å². The number of para-hydroxylation sites is 1. The minimum Gasteiger partial charge on any atom is -0.476 e. The second kappa shape index (κ2) is 6.24. The van der Waals surface area contributed by atoms with E-state index in [1.54, 1.807) is 20.8 Å². The molecule has 2 amide bonds. The molecule has 3 rings (SSSR count). The number of rotatable bonds is 3. The summed E-state index contributed by atoms with van der Waals surface area (Å²) in [6, 6.07) is 14.2. The van der Waals surface area contributed by atoms with Crippen molar-refractivity contribution < 1.29 is 14.3 Å². The summed E-state index contributed by atoms with van der Waals surface area (Å²) in [5.74, 6) is 0.126. The molecule has 0 saturated heterocycles. The molecular weight excluding hydrogens is 316 g/mol. The van der Waals surface area contributed by atoms with Crippen molar-refractivity contribution in [1.29, 1.82) is 0 Å². The highest BCUT2D eigenvalue weighted by Crippen LogP contribution is 2.39. The molecule has 0 radical (unpaired) electrons. The lowest BCUT2D eigenvalue weighted by Gasteiger charge is -2.41. The molecule has 0 bridgehead atoms. The number of nitrogens with one attached hydrogen (secondary N) is 1. The number of amides is 2. The van der Waals surface area contributed by atoms with Crippen LogP contribution in [0.15, 0.2) is 48.5 Å². The molecule has 2 aromatic carbocycles. The first-order valence-corrected chi connectivity index (χ1v) is 8.29. The van der Waals surface area contributed by atoms with Crippen LogP contribution in [0.1, 0.15) is 26.3 Å². The van der Waals surface area contributed by atoms with Crippen molar-refractivity contribution >= 4 is 23.2 Å². The molecule has 1 aliphatic heterocycles. The van der Waals surface area contributed by atoms with Gasteiger partial charge in [-0.3, -0.25) is 14.5 Å². The first-order chi connectivity index (χ1) is 11.8. The molecule has 2 aromatic rings. The van der Waals surface area contributed by atoms with Gasteiger partial charge in [-0.15, -0.1) is 0 Å². The van der Waals surface area contributed by atoms with Crippen molar-refractivity contribution in [3.8, 4) is 5.75 Å². The highest BCUT2D eigenvalue weighted by Gasteiger charge is 2.44. The van der Waals surface area contributed by atoms with Crippen LogP contribution in [-0.2, 0) is 9.59 Å². The van der Waals surface area contributed by atoms with E-state index >= 15 is 0 Å². The highest BCUT2D eigenvalue weighted by molar-refractivity contribution is 6.09. The molecule has 25 heavy (non-hydrogen) atoms. The molecule has 1 aliphatic rings. The summed E-state index contributed by atoms with van der Waals surface area (Å²) >= 11 is 0. The topological polar surface area (TPSA) is 58.6 Å². The van der Waals surface area contributed by atoms with Gasteiger partial charge in [-0.05, 0) is 57.5 Å². The average Bonchev–Trinajstić information content (AvgIpc) is 2.57. The van der Waals surface area contributed by atoms with Gasteiger partial charge in [0.1, 0.15) is 11.8 Å². The van der Waals surface area contributed by atoms with E-state index in [1.165, 1.54) is 4.90 Å². The summed E-state index contributed by atoms with van der Waals surface area (Å²) in [5, 5.41) is 2.86. The predicted octanol–water partition coefficient (Wildman–Crippen LogP) is 3.53. The molecule has 1 N–H and O–H groups in total. The van der Waals surface area contributed by atoms with Crippen LogP contribution in [0, 0.1) is 6.92 Å². The number of carbonyl (C=O) groups excluding carboxylic acids is 2. The molecule has 1 atom stereocenters. The second-order valence-electron chi connectivity index (χ2n) is 6.79. The highest BCUT2D eigenvalue weighted by atomic mass is 16.5. The molecule has 1 unspecified atom stereocenters. The molecule has 5 nitrogen and oxygen atoms in total. The number of anilines is 2. The van der Waals surface area contributed by atoms with Crippen LogP contribution in [0.25, 0.3) is 0 Å². The van der Waals surface area contributed by atoms with E-state index in [2.05, 4.69) is 5.32 Å². The minimum atomic E-state index is -1.02. The van der Waals surface area contributed by atoms with Crippen molar-refractivity contribution in [3.05, 3.63) is 54.1 Å². The number of nitrogens with zero attached hydrogens (tertiary/aromatic N) is 1. The fourth-order valence-corrected chi connectivity index (χ4v) is 2.89. The SMILES string of the molecule is Cc1ccc2c(c1)N(C(C)C(=O)Nc1ccccc1)C(=O)C(C)(C)O2. The molecule has 0 aromatic heterocycles. The van der Waals surface area contributed by atoms with Crippen LogP contribution >= 0.6 is 0 Å². The van der Waals surface area contributed by atoms with Gasteiger partial charge in [-0.1, -0.05) is 24.3 Å². The van der Waals surface area contributed by atoms with E-state index in [4.69, 9.17) is 4.74 Å². The van der Waals surface area contributed by atoms with Crippen molar-refractivity contribution in [2.75, 3.05) is 10.2 Å². The maximum Gasteiger partial charge on any atom is 0.271 e. The number of carbonyl (C=O) groups is 2. The van der Waals surface area contributed by atoms with Gasteiger partial charge in [-0.2, -0.15) is 0 Å². The molecule has 0 saturated carbocycles. The zero-order valence-corrected chi connectivity index (χ0v) is 14.9. The zero-order chi connectivity index (χ0) is 18.2. The van der Waals surface area contributed by atoms with E-state index in [0.717, 1.165) is 5.56 Å².